The van der Waals surface area contributed by atoms with Gasteiger partial charge in [0.1, 0.15) is 0 Å². The summed E-state index contributed by atoms with van der Waals surface area (Å²) in [5, 5.41) is 13.4. The molecular weight excluding hydrogens is 164 g/mol. The zero-order valence-corrected chi connectivity index (χ0v) is 8.62. The van der Waals surface area contributed by atoms with Crippen LogP contribution in [0.3, 0.4) is 0 Å². The van der Waals surface area contributed by atoms with Crippen LogP contribution in [0.15, 0.2) is 6.20 Å². The van der Waals surface area contributed by atoms with Crippen LogP contribution < -0.4 is 0 Å². The Morgan fingerprint density at radius 3 is 2.46 bits per heavy atom. The second-order valence-electron chi connectivity index (χ2n) is 3.35. The van der Waals surface area contributed by atoms with Crippen molar-refractivity contribution in [1.82, 2.24) is 9.78 Å². The third-order valence-corrected chi connectivity index (χ3v) is 2.51. The molecule has 1 heterocycles. The van der Waals surface area contributed by atoms with E-state index in [4.69, 9.17) is 5.11 Å². The van der Waals surface area contributed by atoms with Crippen LogP contribution in [-0.2, 0) is 6.61 Å². The van der Waals surface area contributed by atoms with Crippen LogP contribution >= 0.6 is 0 Å². The maximum atomic E-state index is 9.01. The average molecular weight is 182 g/mol. The van der Waals surface area contributed by atoms with E-state index in [2.05, 4.69) is 18.9 Å². The largest absolute Gasteiger partial charge is 0.392 e. The van der Waals surface area contributed by atoms with Crippen molar-refractivity contribution in [1.29, 1.82) is 0 Å². The Bertz CT molecular complexity index is 264. The van der Waals surface area contributed by atoms with Crippen molar-refractivity contribution in [2.75, 3.05) is 0 Å². The van der Waals surface area contributed by atoms with Gasteiger partial charge in [0.2, 0.25) is 0 Å². The average Bonchev–Trinajstić information content (AvgIpc) is 2.49. The molecule has 3 heteroatoms. The zero-order valence-electron chi connectivity index (χ0n) is 8.62. The fourth-order valence-corrected chi connectivity index (χ4v) is 1.52. The fraction of sp³-hybridized carbons (Fsp3) is 0.700. The van der Waals surface area contributed by atoms with E-state index in [0.29, 0.717) is 6.04 Å². The van der Waals surface area contributed by atoms with Crippen molar-refractivity contribution >= 4 is 0 Å². The van der Waals surface area contributed by atoms with Crippen molar-refractivity contribution in [3.63, 3.8) is 0 Å². The summed E-state index contributed by atoms with van der Waals surface area (Å²) in [7, 11) is 0. The Kier molecular flexibility index (Phi) is 3.48. The topological polar surface area (TPSA) is 38.0 Å². The van der Waals surface area contributed by atoms with Crippen molar-refractivity contribution in [3.8, 4) is 0 Å². The smallest absolute Gasteiger partial charge is 0.0715 e. The standard InChI is InChI=1S/C10H18N2O/c1-4-10(5-2)12-6-9(7-13)8(3)11-12/h6,10,13H,4-5,7H2,1-3H3. The van der Waals surface area contributed by atoms with Gasteiger partial charge in [-0.15, -0.1) is 0 Å². The summed E-state index contributed by atoms with van der Waals surface area (Å²) in [6.45, 7) is 6.34. The van der Waals surface area contributed by atoms with Gasteiger partial charge in [-0.05, 0) is 19.8 Å². The van der Waals surface area contributed by atoms with E-state index in [0.717, 1.165) is 24.1 Å². The van der Waals surface area contributed by atoms with Crippen molar-refractivity contribution in [3.05, 3.63) is 17.5 Å². The Morgan fingerprint density at radius 2 is 2.08 bits per heavy atom. The molecule has 0 unspecified atom stereocenters. The lowest BCUT2D eigenvalue weighted by Gasteiger charge is -2.12. The number of aromatic nitrogens is 2. The summed E-state index contributed by atoms with van der Waals surface area (Å²) >= 11 is 0. The molecular formula is C10H18N2O. The van der Waals surface area contributed by atoms with Gasteiger partial charge in [0, 0.05) is 11.8 Å². The predicted octanol–water partition coefficient (Wildman–Crippen LogP) is 2.04. The normalized spacial score (nSPS) is 11.2. The second-order valence-corrected chi connectivity index (χ2v) is 3.35. The fourth-order valence-electron chi connectivity index (χ4n) is 1.52. The summed E-state index contributed by atoms with van der Waals surface area (Å²) in [6, 6.07) is 0.471. The van der Waals surface area contributed by atoms with Gasteiger partial charge in [0.25, 0.3) is 0 Å². The highest BCUT2D eigenvalue weighted by Gasteiger charge is 2.09. The lowest BCUT2D eigenvalue weighted by Crippen LogP contribution is -2.07. The van der Waals surface area contributed by atoms with Gasteiger partial charge >= 0.3 is 0 Å². The molecule has 0 fully saturated rings. The van der Waals surface area contributed by atoms with E-state index in [-0.39, 0.29) is 6.61 Å². The molecule has 0 atom stereocenters. The van der Waals surface area contributed by atoms with Crippen LogP contribution in [0.5, 0.6) is 0 Å². The molecule has 0 aliphatic carbocycles. The summed E-state index contributed by atoms with van der Waals surface area (Å²) in [4.78, 5) is 0. The minimum Gasteiger partial charge on any atom is -0.392 e. The minimum atomic E-state index is 0.0893. The molecule has 0 amide bonds. The first-order valence-corrected chi connectivity index (χ1v) is 4.88. The van der Waals surface area contributed by atoms with Crippen LogP contribution in [0.4, 0.5) is 0 Å². The first kappa shape index (κ1) is 10.3. The minimum absolute atomic E-state index is 0.0893. The van der Waals surface area contributed by atoms with E-state index in [1.807, 2.05) is 17.8 Å². The molecule has 0 radical (unpaired) electrons. The predicted molar refractivity (Wildman–Crippen MR) is 52.5 cm³/mol. The maximum Gasteiger partial charge on any atom is 0.0715 e. The van der Waals surface area contributed by atoms with Gasteiger partial charge in [0.05, 0.1) is 18.3 Å². The molecule has 3 nitrogen and oxygen atoms in total. The number of aliphatic hydroxyl groups is 1. The van der Waals surface area contributed by atoms with E-state index in [1.165, 1.54) is 0 Å². The number of hydrogen-bond acceptors (Lipinski definition) is 2. The van der Waals surface area contributed by atoms with Gasteiger partial charge in [0.15, 0.2) is 0 Å². The molecule has 0 aliphatic rings. The Labute approximate surface area is 79.4 Å². The molecule has 1 aromatic heterocycles. The first-order valence-electron chi connectivity index (χ1n) is 4.88. The number of aryl methyl sites for hydroxylation is 1. The molecule has 0 aliphatic heterocycles. The quantitative estimate of drug-likeness (QED) is 0.773. The first-order chi connectivity index (χ1) is 6.22. The lowest BCUT2D eigenvalue weighted by molar-refractivity contribution is 0.280. The van der Waals surface area contributed by atoms with Gasteiger partial charge in [-0.25, -0.2) is 0 Å². The van der Waals surface area contributed by atoms with Gasteiger partial charge < -0.3 is 5.11 Å². The van der Waals surface area contributed by atoms with Crippen LogP contribution in [0.1, 0.15) is 44.0 Å². The van der Waals surface area contributed by atoms with Crippen LogP contribution in [-0.4, -0.2) is 14.9 Å². The molecule has 0 bridgehead atoms. The van der Waals surface area contributed by atoms with E-state index < -0.39 is 0 Å². The second kappa shape index (κ2) is 4.42. The van der Waals surface area contributed by atoms with E-state index >= 15 is 0 Å². The molecule has 1 aromatic rings. The molecule has 1 rings (SSSR count). The summed E-state index contributed by atoms with van der Waals surface area (Å²) in [5.41, 5.74) is 1.88. The monoisotopic (exact) mass is 182 g/mol. The highest BCUT2D eigenvalue weighted by molar-refractivity contribution is 5.14. The molecule has 0 saturated carbocycles. The van der Waals surface area contributed by atoms with Crippen LogP contribution in [0.2, 0.25) is 0 Å². The zero-order chi connectivity index (χ0) is 9.84. The third kappa shape index (κ3) is 2.10. The van der Waals surface area contributed by atoms with Gasteiger partial charge in [-0.3, -0.25) is 4.68 Å². The molecule has 0 spiro atoms. The highest BCUT2D eigenvalue weighted by atomic mass is 16.3. The van der Waals surface area contributed by atoms with Crippen molar-refractivity contribution in [2.45, 2.75) is 46.3 Å². The highest BCUT2D eigenvalue weighted by Crippen LogP contribution is 2.16. The van der Waals surface area contributed by atoms with Crippen LogP contribution in [0.25, 0.3) is 0 Å². The third-order valence-electron chi connectivity index (χ3n) is 2.51. The number of hydrogen-bond donors (Lipinski definition) is 1. The SMILES string of the molecule is CCC(CC)n1cc(CO)c(C)n1. The molecule has 74 valence electrons. The molecule has 0 saturated heterocycles. The molecule has 1 N–H and O–H groups in total. The van der Waals surface area contributed by atoms with E-state index in [9.17, 15) is 0 Å². The number of aliphatic hydroxyl groups excluding tert-OH is 1. The van der Waals surface area contributed by atoms with Crippen molar-refractivity contribution in [2.24, 2.45) is 0 Å². The Morgan fingerprint density at radius 1 is 1.46 bits per heavy atom. The summed E-state index contributed by atoms with van der Waals surface area (Å²) < 4.78 is 1.97. The van der Waals surface area contributed by atoms with Gasteiger partial charge in [-0.1, -0.05) is 13.8 Å². The summed E-state index contributed by atoms with van der Waals surface area (Å²) in [5.74, 6) is 0. The van der Waals surface area contributed by atoms with Crippen molar-refractivity contribution < 1.29 is 5.11 Å². The number of rotatable bonds is 4. The molecule has 0 aromatic carbocycles. The number of nitrogens with zero attached hydrogens (tertiary/aromatic N) is 2. The van der Waals surface area contributed by atoms with Crippen LogP contribution in [0, 0.1) is 6.92 Å². The maximum absolute atomic E-state index is 9.01. The van der Waals surface area contributed by atoms with Gasteiger partial charge in [-0.2, -0.15) is 5.10 Å². The Balaban J connectivity index is 2.88. The Hall–Kier alpha value is -0.830. The molecule has 13 heavy (non-hydrogen) atoms. The lowest BCUT2D eigenvalue weighted by atomic mass is 10.2. The summed E-state index contributed by atoms with van der Waals surface area (Å²) in [6.07, 6.45) is 4.12. The van der Waals surface area contributed by atoms with E-state index in [1.54, 1.807) is 0 Å².